The zero-order chi connectivity index (χ0) is 18.2. The molecule has 0 bridgehead atoms. The van der Waals surface area contributed by atoms with Crippen LogP contribution in [0.4, 0.5) is 0 Å². The molecule has 0 atom stereocenters. The summed E-state index contributed by atoms with van der Waals surface area (Å²) >= 11 is 5.64. The Morgan fingerprint density at radius 1 is 0.920 bits per heavy atom. The number of aryl methyl sites for hydroxylation is 2. The Labute approximate surface area is 152 Å². The zero-order valence-corrected chi connectivity index (χ0v) is 15.2. The lowest BCUT2D eigenvalue weighted by Gasteiger charge is -2.32. The minimum atomic E-state index is -0.827. The Morgan fingerprint density at radius 3 is 1.84 bits per heavy atom. The predicted molar refractivity (Wildman–Crippen MR) is 99.1 cm³/mol. The second kappa shape index (κ2) is 6.64. The van der Waals surface area contributed by atoms with Crippen LogP contribution in [0.5, 0.6) is 0 Å². The molecule has 0 saturated carbocycles. The number of aliphatic carboxylic acids is 1. The minimum Gasteiger partial charge on any atom is -0.481 e. The number of rotatable bonds is 6. The lowest BCUT2D eigenvalue weighted by Crippen LogP contribution is -2.27. The number of carbonyl (C=O) groups excluding carboxylic acids is 1. The van der Waals surface area contributed by atoms with Gasteiger partial charge in [0.2, 0.25) is 5.24 Å². The summed E-state index contributed by atoms with van der Waals surface area (Å²) < 4.78 is 0. The van der Waals surface area contributed by atoms with Crippen LogP contribution < -0.4 is 0 Å². The molecule has 0 aliphatic heterocycles. The molecule has 3 nitrogen and oxygen atoms in total. The van der Waals surface area contributed by atoms with E-state index in [4.69, 9.17) is 11.6 Å². The van der Waals surface area contributed by atoms with Gasteiger partial charge in [-0.3, -0.25) is 9.59 Å². The molecular weight excluding hydrogens is 336 g/mol. The molecule has 0 unspecified atom stereocenters. The highest BCUT2D eigenvalue weighted by Gasteiger charge is 2.43. The third-order valence-electron chi connectivity index (χ3n) is 5.19. The normalized spacial score (nSPS) is 14.0. The van der Waals surface area contributed by atoms with Gasteiger partial charge in [0, 0.05) is 18.3 Å². The molecule has 1 aliphatic carbocycles. The van der Waals surface area contributed by atoms with Gasteiger partial charge in [0.05, 0.1) is 0 Å². The van der Waals surface area contributed by atoms with Crippen LogP contribution in [-0.2, 0) is 15.0 Å². The molecule has 0 aromatic heterocycles. The molecule has 0 heterocycles. The Bertz CT molecular complexity index is 783. The van der Waals surface area contributed by atoms with Gasteiger partial charge in [-0.05, 0) is 60.5 Å². The van der Waals surface area contributed by atoms with Crippen molar-refractivity contribution in [1.82, 2.24) is 0 Å². The van der Waals surface area contributed by atoms with Gasteiger partial charge in [-0.15, -0.1) is 0 Å². The van der Waals surface area contributed by atoms with Gasteiger partial charge in [-0.2, -0.15) is 0 Å². The molecule has 0 amide bonds. The molecule has 0 spiro atoms. The molecule has 130 valence electrons. The summed E-state index contributed by atoms with van der Waals surface area (Å²) in [6, 6.07) is 12.6. The average molecular weight is 357 g/mol. The molecule has 0 radical (unpaired) electrons. The summed E-state index contributed by atoms with van der Waals surface area (Å²) in [5, 5.41) is 8.89. The number of carboxylic acids is 1. The molecule has 1 aliphatic rings. The zero-order valence-electron chi connectivity index (χ0n) is 14.4. The van der Waals surface area contributed by atoms with Crippen molar-refractivity contribution in [2.24, 2.45) is 0 Å². The lowest BCUT2D eigenvalue weighted by atomic mass is 9.71. The summed E-state index contributed by atoms with van der Waals surface area (Å²) in [6.45, 7) is 4.06. The van der Waals surface area contributed by atoms with Gasteiger partial charge < -0.3 is 5.11 Å². The van der Waals surface area contributed by atoms with E-state index in [2.05, 4.69) is 36.4 Å². The molecule has 1 N–H and O–H groups in total. The van der Waals surface area contributed by atoms with Crippen LogP contribution in [-0.4, -0.2) is 16.3 Å². The first kappa shape index (κ1) is 17.7. The second-order valence-corrected chi connectivity index (χ2v) is 7.35. The topological polar surface area (TPSA) is 54.4 Å². The van der Waals surface area contributed by atoms with E-state index < -0.39 is 11.4 Å². The van der Waals surface area contributed by atoms with Crippen LogP contribution in [0.25, 0.3) is 11.1 Å². The van der Waals surface area contributed by atoms with Gasteiger partial charge in [0.15, 0.2) is 0 Å². The lowest BCUT2D eigenvalue weighted by molar-refractivity contribution is -0.137. The third-order valence-corrected chi connectivity index (χ3v) is 5.37. The Morgan fingerprint density at radius 2 is 1.40 bits per heavy atom. The van der Waals surface area contributed by atoms with Crippen LogP contribution >= 0.6 is 11.6 Å². The average Bonchev–Trinajstić information content (AvgIpc) is 2.80. The van der Waals surface area contributed by atoms with E-state index in [1.54, 1.807) is 0 Å². The van der Waals surface area contributed by atoms with Gasteiger partial charge in [0.1, 0.15) is 0 Å². The van der Waals surface area contributed by atoms with Gasteiger partial charge in [0.25, 0.3) is 0 Å². The highest BCUT2D eigenvalue weighted by Crippen LogP contribution is 2.54. The Hall–Kier alpha value is -2.13. The highest BCUT2D eigenvalue weighted by molar-refractivity contribution is 6.63. The van der Waals surface area contributed by atoms with Gasteiger partial charge in [-0.1, -0.05) is 47.5 Å². The monoisotopic (exact) mass is 356 g/mol. The van der Waals surface area contributed by atoms with Crippen molar-refractivity contribution in [3.63, 3.8) is 0 Å². The fourth-order valence-corrected chi connectivity index (χ4v) is 4.11. The van der Waals surface area contributed by atoms with Crippen molar-refractivity contribution in [3.8, 4) is 11.1 Å². The van der Waals surface area contributed by atoms with Crippen molar-refractivity contribution >= 4 is 22.8 Å². The van der Waals surface area contributed by atoms with E-state index in [0.29, 0.717) is 12.8 Å². The number of benzene rings is 2. The number of carbonyl (C=O) groups is 2. The molecule has 2 aromatic rings. The standard InChI is InChI=1S/C21H21ClO3/c1-13-3-5-15-16-6-4-14(2)12-18(16)21(17(15)11-13,9-7-19(22)23)10-8-20(24)25/h3-6,11-12H,7-10H2,1-2H3,(H,24,25). The molecule has 4 heteroatoms. The van der Waals surface area contributed by atoms with Crippen LogP contribution in [0.15, 0.2) is 36.4 Å². The van der Waals surface area contributed by atoms with Crippen molar-refractivity contribution in [3.05, 3.63) is 58.7 Å². The van der Waals surface area contributed by atoms with Crippen LogP contribution in [0.1, 0.15) is 47.9 Å². The first-order valence-electron chi connectivity index (χ1n) is 8.46. The highest BCUT2D eigenvalue weighted by atomic mass is 35.5. The Kier molecular flexibility index (Phi) is 4.70. The van der Waals surface area contributed by atoms with Crippen LogP contribution in [0, 0.1) is 13.8 Å². The van der Waals surface area contributed by atoms with Crippen LogP contribution in [0.2, 0.25) is 0 Å². The maximum atomic E-state index is 11.5. The van der Waals surface area contributed by atoms with Crippen molar-refractivity contribution in [2.75, 3.05) is 0 Å². The molecule has 3 rings (SSSR count). The number of carboxylic acid groups (broad SMARTS) is 1. The predicted octanol–water partition coefficient (Wildman–Crippen LogP) is 4.98. The summed E-state index contributed by atoms with van der Waals surface area (Å²) in [5.74, 6) is -0.827. The van der Waals surface area contributed by atoms with E-state index in [-0.39, 0.29) is 18.1 Å². The van der Waals surface area contributed by atoms with Gasteiger partial charge >= 0.3 is 5.97 Å². The molecular formula is C21H21ClO3. The summed E-state index contributed by atoms with van der Waals surface area (Å²) in [7, 11) is 0. The fraction of sp³-hybridized carbons (Fsp3) is 0.333. The van der Waals surface area contributed by atoms with Crippen LogP contribution in [0.3, 0.4) is 0 Å². The molecule has 25 heavy (non-hydrogen) atoms. The third kappa shape index (κ3) is 3.21. The number of fused-ring (bicyclic) bond motifs is 3. The fourth-order valence-electron chi connectivity index (χ4n) is 4.02. The summed E-state index contributed by atoms with van der Waals surface area (Å²) in [6.07, 6.45) is 1.26. The maximum Gasteiger partial charge on any atom is 0.303 e. The van der Waals surface area contributed by atoms with Crippen molar-refractivity contribution in [1.29, 1.82) is 0 Å². The van der Waals surface area contributed by atoms with E-state index in [9.17, 15) is 14.7 Å². The van der Waals surface area contributed by atoms with E-state index in [0.717, 1.165) is 33.4 Å². The minimum absolute atomic E-state index is 0.0528. The largest absolute Gasteiger partial charge is 0.481 e. The van der Waals surface area contributed by atoms with E-state index in [1.165, 1.54) is 0 Å². The number of hydrogen-bond donors (Lipinski definition) is 1. The maximum absolute atomic E-state index is 11.5. The molecule has 0 fully saturated rings. The summed E-state index contributed by atoms with van der Waals surface area (Å²) in [5.41, 5.74) is 6.27. The molecule has 0 saturated heterocycles. The first-order chi connectivity index (χ1) is 11.8. The number of hydrogen-bond acceptors (Lipinski definition) is 2. The first-order valence-corrected chi connectivity index (χ1v) is 8.84. The van der Waals surface area contributed by atoms with E-state index >= 15 is 0 Å². The molecule has 2 aromatic carbocycles. The van der Waals surface area contributed by atoms with Crippen molar-refractivity contribution in [2.45, 2.75) is 44.9 Å². The number of halogens is 1. The smallest absolute Gasteiger partial charge is 0.303 e. The quantitative estimate of drug-likeness (QED) is 0.742. The van der Waals surface area contributed by atoms with Crippen molar-refractivity contribution < 1.29 is 14.7 Å². The second-order valence-electron chi connectivity index (χ2n) is 6.93. The Balaban J connectivity index is 2.23. The summed E-state index contributed by atoms with van der Waals surface area (Å²) in [4.78, 5) is 22.8. The van der Waals surface area contributed by atoms with Gasteiger partial charge in [-0.25, -0.2) is 0 Å². The SMILES string of the molecule is Cc1ccc2c(c1)C(CCC(=O)O)(CCC(=O)Cl)c1cc(C)ccc1-2. The van der Waals surface area contributed by atoms with E-state index in [1.807, 2.05) is 13.8 Å².